The zero-order valence-electron chi connectivity index (χ0n) is 25.2. The van der Waals surface area contributed by atoms with Crippen LogP contribution < -0.4 is 21.7 Å². The van der Waals surface area contributed by atoms with Gasteiger partial charge < -0.3 is 26.4 Å². The molecular weight excluding hydrogens is 490 g/mol. The predicted octanol–water partition coefficient (Wildman–Crippen LogP) is 5.75. The second-order valence-electron chi connectivity index (χ2n) is 12.3. The average molecular weight is 548 g/mol. The van der Waals surface area contributed by atoms with E-state index in [0.29, 0.717) is 31.5 Å². The number of nitrogens with one attached hydrogen (secondary N) is 3. The van der Waals surface area contributed by atoms with Crippen LogP contribution in [0.2, 0.25) is 0 Å². The van der Waals surface area contributed by atoms with E-state index in [1.807, 2.05) is 13.8 Å². The average Bonchev–Trinajstić information content (AvgIpc) is 2.88. The molecule has 2 rings (SSSR count). The molecule has 0 aromatic heterocycles. The molecule has 2 aliphatic carbocycles. The van der Waals surface area contributed by atoms with Gasteiger partial charge in [-0.05, 0) is 83.2 Å². The van der Waals surface area contributed by atoms with Crippen LogP contribution in [-0.2, 0) is 9.53 Å². The number of unbranched alkanes of at least 4 members (excludes halogenated alkanes) is 1. The van der Waals surface area contributed by atoms with Crippen LogP contribution >= 0.6 is 0 Å². The molecule has 8 nitrogen and oxygen atoms in total. The molecule has 2 atom stereocenters. The first kappa shape index (κ1) is 33.1. The lowest BCUT2D eigenvalue weighted by molar-refractivity contribution is -0.124. The van der Waals surface area contributed by atoms with Gasteiger partial charge in [-0.1, -0.05) is 59.0 Å². The third-order valence-electron chi connectivity index (χ3n) is 7.70. The number of carbonyl (C=O) groups excluding carboxylic acids is 2. The van der Waals surface area contributed by atoms with E-state index in [1.165, 1.54) is 51.4 Å². The van der Waals surface area contributed by atoms with Crippen LogP contribution in [0, 0.1) is 5.92 Å². The molecule has 8 heteroatoms. The Morgan fingerprint density at radius 3 is 2.15 bits per heavy atom. The summed E-state index contributed by atoms with van der Waals surface area (Å²) < 4.78 is 5.26. The van der Waals surface area contributed by atoms with Crippen molar-refractivity contribution in [2.75, 3.05) is 6.54 Å². The van der Waals surface area contributed by atoms with Crippen molar-refractivity contribution in [3.8, 4) is 0 Å². The van der Waals surface area contributed by atoms with Crippen LogP contribution in [0.15, 0.2) is 17.1 Å². The molecule has 0 bridgehead atoms. The first-order valence-electron chi connectivity index (χ1n) is 15.7. The van der Waals surface area contributed by atoms with E-state index < -0.39 is 12.1 Å². The SMILES string of the molecule is C=C(CC(=NC1CCCCC1)NC1CCCCC1)C(CCCCN)NC(=O)C(CC(C)C)NC(=O)OC(C)C. The molecule has 0 aromatic rings. The summed E-state index contributed by atoms with van der Waals surface area (Å²) in [5, 5.41) is 9.79. The lowest BCUT2D eigenvalue weighted by atomic mass is 9.93. The summed E-state index contributed by atoms with van der Waals surface area (Å²) >= 11 is 0. The van der Waals surface area contributed by atoms with Gasteiger partial charge in [0.25, 0.3) is 0 Å². The summed E-state index contributed by atoms with van der Waals surface area (Å²) in [7, 11) is 0. The zero-order valence-corrected chi connectivity index (χ0v) is 25.2. The van der Waals surface area contributed by atoms with E-state index in [-0.39, 0.29) is 24.0 Å². The third-order valence-corrected chi connectivity index (χ3v) is 7.70. The van der Waals surface area contributed by atoms with Crippen molar-refractivity contribution in [1.29, 1.82) is 0 Å². The number of nitrogens with zero attached hydrogens (tertiary/aromatic N) is 1. The number of hydrogen-bond acceptors (Lipinski definition) is 5. The number of ether oxygens (including phenoxy) is 1. The molecule has 0 saturated heterocycles. The van der Waals surface area contributed by atoms with Gasteiger partial charge >= 0.3 is 6.09 Å². The molecule has 2 saturated carbocycles. The van der Waals surface area contributed by atoms with Gasteiger partial charge in [0.05, 0.1) is 18.2 Å². The van der Waals surface area contributed by atoms with E-state index in [9.17, 15) is 9.59 Å². The van der Waals surface area contributed by atoms with Gasteiger partial charge in [0.2, 0.25) is 5.91 Å². The lowest BCUT2D eigenvalue weighted by Crippen LogP contribution is -2.51. The highest BCUT2D eigenvalue weighted by Gasteiger charge is 2.27. The summed E-state index contributed by atoms with van der Waals surface area (Å²) in [5.74, 6) is 1.05. The van der Waals surface area contributed by atoms with E-state index in [4.69, 9.17) is 15.5 Å². The fourth-order valence-electron chi connectivity index (χ4n) is 5.62. The Bertz CT molecular complexity index is 770. The molecule has 0 aromatic carbocycles. The fraction of sp³-hybridized carbons (Fsp3) is 0.839. The molecule has 2 amide bonds. The zero-order chi connectivity index (χ0) is 28.6. The van der Waals surface area contributed by atoms with E-state index in [0.717, 1.165) is 43.5 Å². The number of amidine groups is 1. The highest BCUT2D eigenvalue weighted by Crippen LogP contribution is 2.23. The Balaban J connectivity index is 2.15. The summed E-state index contributed by atoms with van der Waals surface area (Å²) in [6.45, 7) is 12.7. The minimum Gasteiger partial charge on any atom is -0.447 e. The number of rotatable bonds is 15. The maximum atomic E-state index is 13.5. The Morgan fingerprint density at radius 2 is 1.56 bits per heavy atom. The molecular formula is C31H57N5O3. The first-order chi connectivity index (χ1) is 18.7. The Hall–Kier alpha value is -2.09. The van der Waals surface area contributed by atoms with Crippen LogP contribution in [0.5, 0.6) is 0 Å². The summed E-state index contributed by atoms with van der Waals surface area (Å²) in [6, 6.07) is -0.0524. The van der Waals surface area contributed by atoms with Crippen molar-refractivity contribution in [3.05, 3.63) is 12.2 Å². The first-order valence-corrected chi connectivity index (χ1v) is 15.7. The number of hydrogen-bond donors (Lipinski definition) is 4. The van der Waals surface area contributed by atoms with Gasteiger partial charge in [-0.15, -0.1) is 0 Å². The molecule has 2 unspecified atom stereocenters. The molecule has 0 spiro atoms. The van der Waals surface area contributed by atoms with Gasteiger partial charge in [-0.3, -0.25) is 9.79 Å². The molecule has 0 radical (unpaired) electrons. The van der Waals surface area contributed by atoms with Gasteiger partial charge in [-0.25, -0.2) is 4.79 Å². The molecule has 5 N–H and O–H groups in total. The van der Waals surface area contributed by atoms with Gasteiger partial charge in [0.15, 0.2) is 0 Å². The van der Waals surface area contributed by atoms with Crippen molar-refractivity contribution < 1.29 is 14.3 Å². The highest BCUT2D eigenvalue weighted by molar-refractivity contribution is 5.87. The summed E-state index contributed by atoms with van der Waals surface area (Å²) in [5.41, 5.74) is 6.73. The molecule has 224 valence electrons. The highest BCUT2D eigenvalue weighted by atomic mass is 16.6. The van der Waals surface area contributed by atoms with Crippen LogP contribution in [0.4, 0.5) is 4.79 Å². The number of aliphatic imine (C=N–C) groups is 1. The van der Waals surface area contributed by atoms with Crippen molar-refractivity contribution in [2.24, 2.45) is 16.6 Å². The van der Waals surface area contributed by atoms with Gasteiger partial charge in [0, 0.05) is 12.5 Å². The Labute approximate surface area is 237 Å². The number of nitrogens with two attached hydrogens (primary N) is 1. The Kier molecular flexibility index (Phi) is 15.5. The van der Waals surface area contributed by atoms with Crippen LogP contribution in [-0.4, -0.2) is 54.7 Å². The van der Waals surface area contributed by atoms with Gasteiger partial charge in [0.1, 0.15) is 11.9 Å². The second-order valence-corrected chi connectivity index (χ2v) is 12.3. The van der Waals surface area contributed by atoms with Crippen LogP contribution in [0.3, 0.4) is 0 Å². The molecule has 0 aliphatic heterocycles. The lowest BCUT2D eigenvalue weighted by Gasteiger charge is -2.29. The topological polar surface area (TPSA) is 118 Å². The predicted molar refractivity (Wildman–Crippen MR) is 161 cm³/mol. The summed E-state index contributed by atoms with van der Waals surface area (Å²) in [6.07, 6.45) is 15.1. The van der Waals surface area contributed by atoms with Crippen molar-refractivity contribution in [2.45, 2.75) is 154 Å². The second kappa shape index (κ2) is 18.3. The minimum absolute atomic E-state index is 0.200. The van der Waals surface area contributed by atoms with E-state index >= 15 is 0 Å². The van der Waals surface area contributed by atoms with Gasteiger partial charge in [-0.2, -0.15) is 0 Å². The van der Waals surface area contributed by atoms with Crippen molar-refractivity contribution in [1.82, 2.24) is 16.0 Å². The number of amides is 2. The normalized spacial score (nSPS) is 19.0. The molecule has 2 aliphatic rings. The molecule has 2 fully saturated rings. The fourth-order valence-corrected chi connectivity index (χ4v) is 5.62. The largest absolute Gasteiger partial charge is 0.447 e. The molecule has 39 heavy (non-hydrogen) atoms. The van der Waals surface area contributed by atoms with Crippen LogP contribution in [0.25, 0.3) is 0 Å². The van der Waals surface area contributed by atoms with E-state index in [2.05, 4.69) is 22.5 Å². The van der Waals surface area contributed by atoms with Crippen molar-refractivity contribution >= 4 is 17.8 Å². The van der Waals surface area contributed by atoms with Crippen molar-refractivity contribution in [3.63, 3.8) is 0 Å². The third kappa shape index (κ3) is 13.7. The maximum absolute atomic E-state index is 13.5. The standard InChI is InChI=1S/C31H57N5O3/c1-22(2)20-28(36-31(38)39-23(3)4)30(37)35-27(18-12-13-19-32)24(5)21-29(33-25-14-8-6-9-15-25)34-26-16-10-7-11-17-26/h22-23,25-28H,5-21,32H2,1-4H3,(H,33,34)(H,35,37)(H,36,38). The van der Waals surface area contributed by atoms with Crippen LogP contribution in [0.1, 0.15) is 124 Å². The quantitative estimate of drug-likeness (QED) is 0.0901. The summed E-state index contributed by atoms with van der Waals surface area (Å²) in [4.78, 5) is 31.0. The monoisotopic (exact) mass is 547 g/mol. The number of carbonyl (C=O) groups is 2. The number of alkyl carbamates (subject to hydrolysis) is 1. The maximum Gasteiger partial charge on any atom is 0.408 e. The smallest absolute Gasteiger partial charge is 0.408 e. The molecule has 0 heterocycles. The van der Waals surface area contributed by atoms with E-state index in [1.54, 1.807) is 13.8 Å². The Morgan fingerprint density at radius 1 is 0.923 bits per heavy atom. The minimum atomic E-state index is -0.670.